The molecule has 2 aliphatic rings. The van der Waals surface area contributed by atoms with Crippen LogP contribution >= 0.6 is 0 Å². The van der Waals surface area contributed by atoms with Gasteiger partial charge in [-0.2, -0.15) is 5.10 Å². The first-order valence-electron chi connectivity index (χ1n) is 10.1. The predicted molar refractivity (Wildman–Crippen MR) is 110 cm³/mol. The zero-order valence-corrected chi connectivity index (χ0v) is 16.2. The molecule has 0 spiro atoms. The van der Waals surface area contributed by atoms with Gasteiger partial charge in [0, 0.05) is 61.6 Å². The Morgan fingerprint density at radius 1 is 1.10 bits per heavy atom. The molecule has 8 heteroatoms. The first-order valence-corrected chi connectivity index (χ1v) is 10.1. The molecule has 2 aliphatic heterocycles. The Hall–Kier alpha value is -3.68. The highest BCUT2D eigenvalue weighted by molar-refractivity contribution is 5.95. The third-order valence-electron chi connectivity index (χ3n) is 6.29. The van der Waals surface area contributed by atoms with E-state index in [2.05, 4.69) is 15.1 Å². The molecule has 30 heavy (non-hydrogen) atoms. The molecule has 0 aliphatic carbocycles. The molecule has 2 atom stereocenters. The van der Waals surface area contributed by atoms with Crippen LogP contribution in [0.1, 0.15) is 28.4 Å². The average molecular weight is 400 g/mol. The second-order valence-corrected chi connectivity index (χ2v) is 8.15. The monoisotopic (exact) mass is 400 g/mol. The number of likely N-dealkylation sites (tertiary alicyclic amines) is 1. The second-order valence-electron chi connectivity index (χ2n) is 8.15. The number of nitrogens with one attached hydrogen (secondary N) is 1. The molecule has 1 saturated heterocycles. The summed E-state index contributed by atoms with van der Waals surface area (Å²) < 4.78 is 3.64. The number of imidazole rings is 1. The van der Waals surface area contributed by atoms with Gasteiger partial charge in [-0.25, -0.2) is 9.50 Å². The SMILES string of the molecule is O=C(c1ccn2nccc2c1)N1C[C@@H]2C[C@H](C1)c1ccc(-c3ncc[nH]3)c(=O)n1C2. The first kappa shape index (κ1) is 17.2. The van der Waals surface area contributed by atoms with Crippen molar-refractivity contribution in [1.82, 2.24) is 29.0 Å². The highest BCUT2D eigenvalue weighted by Gasteiger charge is 2.37. The van der Waals surface area contributed by atoms with Crippen molar-refractivity contribution in [2.24, 2.45) is 5.92 Å². The lowest BCUT2D eigenvalue weighted by Crippen LogP contribution is -2.49. The Morgan fingerprint density at radius 3 is 2.90 bits per heavy atom. The number of aromatic amines is 1. The number of pyridine rings is 2. The number of carbonyl (C=O) groups excluding carboxylic acids is 1. The van der Waals surface area contributed by atoms with Crippen molar-refractivity contribution >= 4 is 11.4 Å². The van der Waals surface area contributed by atoms with E-state index in [9.17, 15) is 9.59 Å². The van der Waals surface area contributed by atoms with Gasteiger partial charge in [0.15, 0.2) is 0 Å². The lowest BCUT2D eigenvalue weighted by molar-refractivity contribution is 0.0594. The van der Waals surface area contributed by atoms with Gasteiger partial charge in [0.2, 0.25) is 0 Å². The van der Waals surface area contributed by atoms with Crippen LogP contribution in [0.15, 0.2) is 59.9 Å². The number of H-pyrrole nitrogens is 1. The van der Waals surface area contributed by atoms with Crippen LogP contribution in [0.25, 0.3) is 16.9 Å². The standard InChI is InChI=1S/C22H20N6O2/c29-21(15-4-8-28-17(10-15)3-5-25-28)26-11-14-9-16(13-26)19-2-1-18(20-23-6-7-24-20)22(30)27(19)12-14/h1-8,10,14,16H,9,11-13H2,(H,23,24)/t14-,16+/m0/s1. The topological polar surface area (TPSA) is 88.3 Å². The Bertz CT molecular complexity index is 1320. The number of rotatable bonds is 2. The maximum Gasteiger partial charge on any atom is 0.261 e. The number of piperidine rings is 1. The van der Waals surface area contributed by atoms with Crippen LogP contribution in [0, 0.1) is 5.92 Å². The highest BCUT2D eigenvalue weighted by atomic mass is 16.2. The maximum atomic E-state index is 13.2. The van der Waals surface area contributed by atoms with E-state index in [0.717, 1.165) is 17.6 Å². The number of nitrogens with zero attached hydrogens (tertiary/aromatic N) is 5. The molecular formula is C22H20N6O2. The minimum Gasteiger partial charge on any atom is -0.344 e. The summed E-state index contributed by atoms with van der Waals surface area (Å²) >= 11 is 0. The Kier molecular flexibility index (Phi) is 3.68. The summed E-state index contributed by atoms with van der Waals surface area (Å²) in [5.74, 6) is 1.07. The van der Waals surface area contributed by atoms with Gasteiger partial charge in [0.1, 0.15) is 5.82 Å². The molecule has 4 aromatic heterocycles. The second kappa shape index (κ2) is 6.41. The van der Waals surface area contributed by atoms with Crippen LogP contribution in [-0.2, 0) is 6.54 Å². The number of fused-ring (bicyclic) bond motifs is 5. The quantitative estimate of drug-likeness (QED) is 0.558. The van der Waals surface area contributed by atoms with Crippen LogP contribution in [0.3, 0.4) is 0 Å². The van der Waals surface area contributed by atoms with E-state index >= 15 is 0 Å². The van der Waals surface area contributed by atoms with E-state index in [-0.39, 0.29) is 23.3 Å². The molecule has 2 bridgehead atoms. The van der Waals surface area contributed by atoms with Crippen LogP contribution in [0.2, 0.25) is 0 Å². The Morgan fingerprint density at radius 2 is 2.03 bits per heavy atom. The average Bonchev–Trinajstić information content (AvgIpc) is 3.45. The molecule has 1 N–H and O–H groups in total. The van der Waals surface area contributed by atoms with Gasteiger partial charge in [-0.05, 0) is 42.7 Å². The van der Waals surface area contributed by atoms with Crippen molar-refractivity contribution < 1.29 is 4.79 Å². The molecule has 8 nitrogen and oxygen atoms in total. The van der Waals surface area contributed by atoms with Crippen molar-refractivity contribution in [1.29, 1.82) is 0 Å². The van der Waals surface area contributed by atoms with Crippen LogP contribution in [-0.4, -0.2) is 48.0 Å². The first-order chi connectivity index (χ1) is 14.7. The van der Waals surface area contributed by atoms with Crippen LogP contribution in [0.4, 0.5) is 0 Å². The minimum absolute atomic E-state index is 0.0110. The lowest BCUT2D eigenvalue weighted by Gasteiger charge is -2.43. The van der Waals surface area contributed by atoms with Crippen molar-refractivity contribution in [3.05, 3.63) is 76.7 Å². The van der Waals surface area contributed by atoms with Crippen LogP contribution in [0.5, 0.6) is 0 Å². The number of carbonyl (C=O) groups is 1. The highest BCUT2D eigenvalue weighted by Crippen LogP contribution is 2.36. The summed E-state index contributed by atoms with van der Waals surface area (Å²) in [6.07, 6.45) is 7.92. The van der Waals surface area contributed by atoms with Crippen molar-refractivity contribution in [3.8, 4) is 11.4 Å². The van der Waals surface area contributed by atoms with Gasteiger partial charge in [0.05, 0.1) is 11.1 Å². The maximum absolute atomic E-state index is 13.2. The van der Waals surface area contributed by atoms with Gasteiger partial charge in [-0.15, -0.1) is 0 Å². The molecular weight excluding hydrogens is 380 g/mol. The fourth-order valence-corrected chi connectivity index (χ4v) is 4.94. The smallest absolute Gasteiger partial charge is 0.261 e. The van der Waals surface area contributed by atoms with Crippen molar-refractivity contribution in [2.75, 3.05) is 13.1 Å². The molecule has 6 rings (SSSR count). The number of hydrogen-bond acceptors (Lipinski definition) is 4. The zero-order valence-electron chi connectivity index (χ0n) is 16.2. The van der Waals surface area contributed by atoms with Crippen molar-refractivity contribution in [2.45, 2.75) is 18.9 Å². The van der Waals surface area contributed by atoms with E-state index in [1.54, 1.807) is 23.1 Å². The zero-order chi connectivity index (χ0) is 20.2. The fraction of sp³-hybridized carbons (Fsp3) is 0.273. The molecule has 1 fully saturated rings. The van der Waals surface area contributed by atoms with Gasteiger partial charge in [-0.3, -0.25) is 9.59 Å². The van der Waals surface area contributed by atoms with E-state index in [0.29, 0.717) is 36.6 Å². The molecule has 0 saturated carbocycles. The van der Waals surface area contributed by atoms with E-state index in [1.807, 2.05) is 46.0 Å². The van der Waals surface area contributed by atoms with Gasteiger partial charge in [0.25, 0.3) is 11.5 Å². The predicted octanol–water partition coefficient (Wildman–Crippen LogP) is 2.15. The normalized spacial score (nSPS) is 20.3. The molecule has 0 aromatic carbocycles. The number of hydrogen-bond donors (Lipinski definition) is 1. The van der Waals surface area contributed by atoms with Crippen molar-refractivity contribution in [3.63, 3.8) is 0 Å². The van der Waals surface area contributed by atoms with E-state index < -0.39 is 0 Å². The molecule has 150 valence electrons. The van der Waals surface area contributed by atoms with E-state index in [4.69, 9.17) is 0 Å². The Balaban J connectivity index is 1.32. The lowest BCUT2D eigenvalue weighted by atomic mass is 9.82. The van der Waals surface area contributed by atoms with Crippen LogP contribution < -0.4 is 5.56 Å². The summed E-state index contributed by atoms with van der Waals surface area (Å²) in [5, 5.41) is 4.19. The third-order valence-corrected chi connectivity index (χ3v) is 6.29. The third kappa shape index (κ3) is 2.60. The molecule has 4 aromatic rings. The van der Waals surface area contributed by atoms with E-state index in [1.165, 1.54) is 0 Å². The molecule has 0 unspecified atom stereocenters. The fourth-order valence-electron chi connectivity index (χ4n) is 4.94. The minimum atomic E-state index is -0.0110. The summed E-state index contributed by atoms with van der Waals surface area (Å²) in [6.45, 7) is 1.92. The van der Waals surface area contributed by atoms with Gasteiger partial charge in [-0.1, -0.05) is 0 Å². The molecule has 1 amide bonds. The Labute approximate surface area is 171 Å². The summed E-state index contributed by atoms with van der Waals surface area (Å²) in [5.41, 5.74) is 3.16. The van der Waals surface area contributed by atoms with Gasteiger partial charge >= 0.3 is 0 Å². The largest absolute Gasteiger partial charge is 0.344 e. The summed E-state index contributed by atoms with van der Waals surface area (Å²) in [6, 6.07) is 9.46. The van der Waals surface area contributed by atoms with Gasteiger partial charge < -0.3 is 14.5 Å². The summed E-state index contributed by atoms with van der Waals surface area (Å²) in [4.78, 5) is 35.5. The molecule has 0 radical (unpaired) electrons. The number of aromatic nitrogens is 5. The molecule has 6 heterocycles. The number of amides is 1. The summed E-state index contributed by atoms with van der Waals surface area (Å²) in [7, 11) is 0.